The molecule has 0 bridgehead atoms. The summed E-state index contributed by atoms with van der Waals surface area (Å²) in [5.74, 6) is -0.283. The van der Waals surface area contributed by atoms with Crippen molar-refractivity contribution in [3.05, 3.63) is 99.5 Å². The Morgan fingerprint density at radius 1 is 1.00 bits per heavy atom. The maximum Gasteiger partial charge on any atom is 0.297 e. The molecule has 0 radical (unpaired) electrons. The van der Waals surface area contributed by atoms with Crippen LogP contribution in [-0.4, -0.2) is 96.3 Å². The highest BCUT2D eigenvalue weighted by Crippen LogP contribution is 2.51. The number of nitro groups is 1. The molecule has 1 amide bonds. The van der Waals surface area contributed by atoms with E-state index in [1.165, 1.54) is 56.5 Å². The third-order valence-electron chi connectivity index (χ3n) is 16.1. The molecule has 3 saturated carbocycles. The molecule has 6 aliphatic rings. The van der Waals surface area contributed by atoms with Gasteiger partial charge in [0.15, 0.2) is 17.2 Å². The molecule has 1 spiro atoms. The minimum absolute atomic E-state index is 0.00547. The van der Waals surface area contributed by atoms with E-state index < -0.39 is 42.9 Å². The number of nitrogens with zero attached hydrogens (tertiary/aromatic N) is 4. The van der Waals surface area contributed by atoms with Gasteiger partial charge in [0.2, 0.25) is 0 Å². The number of amides is 1. The zero-order chi connectivity index (χ0) is 48.5. The van der Waals surface area contributed by atoms with Crippen LogP contribution in [0.15, 0.2) is 71.8 Å². The molecule has 5 heterocycles. The summed E-state index contributed by atoms with van der Waals surface area (Å²) in [6, 6.07) is 17.8. The molecule has 16 nitrogen and oxygen atoms in total. The number of anilines is 2. The van der Waals surface area contributed by atoms with Crippen LogP contribution in [0, 0.1) is 27.3 Å². The highest BCUT2D eigenvalue weighted by atomic mass is 32.2. The molecule has 3 aromatic carbocycles. The minimum Gasteiger partial charge on any atom is -0.489 e. The molecule has 1 unspecified atom stereocenters. The van der Waals surface area contributed by atoms with Gasteiger partial charge in [-0.15, -0.1) is 0 Å². The number of hydrogen-bond acceptors (Lipinski definition) is 13. The maximum absolute atomic E-state index is 14.9. The van der Waals surface area contributed by atoms with E-state index in [1.54, 1.807) is 37.1 Å². The number of benzene rings is 3. The topological polar surface area (TPSA) is 201 Å². The van der Waals surface area contributed by atoms with Gasteiger partial charge in [0.25, 0.3) is 27.5 Å². The van der Waals surface area contributed by atoms with Crippen LogP contribution in [0.1, 0.15) is 118 Å². The Morgan fingerprint density at radius 2 is 1.76 bits per heavy atom. The Hall–Kier alpha value is -5.98. The summed E-state index contributed by atoms with van der Waals surface area (Å²) in [7, 11) is -4.75. The van der Waals surface area contributed by atoms with Gasteiger partial charge < -0.3 is 34.5 Å². The third kappa shape index (κ3) is 8.91. The molecule has 5 aromatic rings. The number of nitro benzene ring substituents is 1. The number of halogens is 1. The number of aliphatic hydroxyl groups is 1. The van der Waals surface area contributed by atoms with Gasteiger partial charge in [-0.2, -0.15) is 4.98 Å². The molecule has 11 rings (SSSR count). The summed E-state index contributed by atoms with van der Waals surface area (Å²) >= 11 is 0. The van der Waals surface area contributed by atoms with Crippen LogP contribution in [0.3, 0.4) is 0 Å². The molecule has 3 aliphatic carbocycles. The number of nitrogens with one attached hydrogen (secondary N) is 3. The number of H-pyrrole nitrogens is 1. The highest BCUT2D eigenvalue weighted by Gasteiger charge is 2.50. The fraction of sp³-hybridized carbons (Fsp3) is 0.500. The lowest BCUT2D eigenvalue weighted by atomic mass is 9.70. The summed E-state index contributed by atoms with van der Waals surface area (Å²) in [4.78, 5) is 37.7. The van der Waals surface area contributed by atoms with Gasteiger partial charge in [0.05, 0.1) is 39.0 Å². The zero-order valence-electron chi connectivity index (χ0n) is 39.5. The first-order valence-electron chi connectivity index (χ1n) is 24.9. The Morgan fingerprint density at radius 3 is 2.49 bits per heavy atom. The van der Waals surface area contributed by atoms with Gasteiger partial charge in [-0.1, -0.05) is 30.7 Å². The van der Waals surface area contributed by atoms with Crippen LogP contribution in [0.5, 0.6) is 23.1 Å². The molecule has 3 atom stereocenters. The quantitative estimate of drug-likeness (QED) is 0.0643. The lowest BCUT2D eigenvalue weighted by Gasteiger charge is -2.57. The summed E-state index contributed by atoms with van der Waals surface area (Å²) in [5.41, 5.74) is 2.92. The minimum atomic E-state index is -4.75. The van der Waals surface area contributed by atoms with E-state index in [0.717, 1.165) is 56.7 Å². The maximum atomic E-state index is 14.9. The number of rotatable bonds is 13. The fourth-order valence-electron chi connectivity index (χ4n) is 12.0. The molecule has 3 aliphatic heterocycles. The standard InChI is InChI=1S/C52H60FN7O9S/c1-3-67-50-46(26-39-40(53)27-54-48(39)56-50)69-44-23-33(58-21-19-52(20-22-58)29-59(30-52)42-10-6-9-37(42)36-8-5-4-7-35(36)31-11-12-31)13-14-38(44)49(61)57-70(65,66)34-24-43(60(63)64)47-45(25-34)68-28-41(55-47)32-15-17-51(2,62)18-16-32/h4-5,7-8,13-14,23-27,31-32,37,41-42,55,62H,3,6,9-12,15-22,28-30H2,1-2H3,(H,54,56)(H,57,61)/t32-,37-,41+,42?,51-/m0/s1. The van der Waals surface area contributed by atoms with Crippen LogP contribution in [0.4, 0.5) is 21.5 Å². The van der Waals surface area contributed by atoms with Gasteiger partial charge >= 0.3 is 0 Å². The number of fused-ring (bicyclic) bond motifs is 2. The smallest absolute Gasteiger partial charge is 0.297 e. The number of aromatic nitrogens is 2. The molecule has 5 fully saturated rings. The second-order valence-electron chi connectivity index (χ2n) is 20.8. The van der Waals surface area contributed by atoms with Crippen molar-refractivity contribution in [3.8, 4) is 23.1 Å². The molecule has 4 N–H and O–H groups in total. The predicted molar refractivity (Wildman–Crippen MR) is 261 cm³/mol. The SMILES string of the molecule is CCOc1nc2[nH]cc(F)c2cc1Oc1cc(N2CCC3(CC2)CN(C2CCC[C@H]2c2ccccc2C2CC2)C3)ccc1C(=O)NS(=O)(=O)c1cc2c(c([N+](=O)[O-])c1)N[C@@H]([C@H]1CC[C@](C)(O)CC1)CO2. The van der Waals surface area contributed by atoms with E-state index in [4.69, 9.17) is 14.2 Å². The van der Waals surface area contributed by atoms with E-state index >= 15 is 0 Å². The first kappa shape index (κ1) is 46.4. The molecular weight excluding hydrogens is 918 g/mol. The molecule has 2 saturated heterocycles. The number of likely N-dealkylation sites (tertiary alicyclic amines) is 1. The Balaban J connectivity index is 0.833. The number of carbonyl (C=O) groups excluding carboxylic acids is 1. The van der Waals surface area contributed by atoms with E-state index in [2.05, 4.69) is 54.1 Å². The summed E-state index contributed by atoms with van der Waals surface area (Å²) in [6.45, 7) is 7.54. The fourth-order valence-corrected chi connectivity index (χ4v) is 13.0. The third-order valence-corrected chi connectivity index (χ3v) is 17.4. The number of pyridine rings is 1. The van der Waals surface area contributed by atoms with Crippen LogP contribution in [0.25, 0.3) is 11.0 Å². The van der Waals surface area contributed by atoms with Crippen LogP contribution in [-0.2, 0) is 10.0 Å². The summed E-state index contributed by atoms with van der Waals surface area (Å²) in [5, 5.41) is 26.3. The predicted octanol–water partition coefficient (Wildman–Crippen LogP) is 9.15. The first-order valence-corrected chi connectivity index (χ1v) is 26.4. The Labute approximate surface area is 406 Å². The van der Waals surface area contributed by atoms with Crippen molar-refractivity contribution in [3.63, 3.8) is 0 Å². The van der Waals surface area contributed by atoms with Crippen molar-refractivity contribution in [2.75, 3.05) is 49.6 Å². The van der Waals surface area contributed by atoms with Crippen molar-refractivity contribution in [1.29, 1.82) is 0 Å². The summed E-state index contributed by atoms with van der Waals surface area (Å²) < 4.78 is 63.4. The number of ether oxygens (including phenoxy) is 3. The molecule has 70 heavy (non-hydrogen) atoms. The second-order valence-corrected chi connectivity index (χ2v) is 22.5. The number of piperidine rings is 1. The largest absolute Gasteiger partial charge is 0.489 e. The molecule has 2 aromatic heterocycles. The Bertz CT molecular complexity index is 2950. The van der Waals surface area contributed by atoms with E-state index in [9.17, 15) is 32.8 Å². The zero-order valence-corrected chi connectivity index (χ0v) is 40.4. The van der Waals surface area contributed by atoms with Gasteiger partial charge in [-0.25, -0.2) is 17.5 Å². The van der Waals surface area contributed by atoms with Crippen LogP contribution >= 0.6 is 0 Å². The van der Waals surface area contributed by atoms with Crippen molar-refractivity contribution >= 4 is 44.0 Å². The summed E-state index contributed by atoms with van der Waals surface area (Å²) in [6.07, 6.45) is 12.0. The highest BCUT2D eigenvalue weighted by molar-refractivity contribution is 7.90. The van der Waals surface area contributed by atoms with Crippen molar-refractivity contribution in [2.45, 2.75) is 119 Å². The first-order chi connectivity index (χ1) is 33.7. The van der Waals surface area contributed by atoms with Gasteiger partial charge in [0.1, 0.15) is 23.8 Å². The van der Waals surface area contributed by atoms with Crippen LogP contribution in [0.2, 0.25) is 0 Å². The monoisotopic (exact) mass is 977 g/mol. The molecule has 370 valence electrons. The van der Waals surface area contributed by atoms with Crippen LogP contribution < -0.4 is 29.1 Å². The van der Waals surface area contributed by atoms with Crippen molar-refractivity contribution in [2.24, 2.45) is 11.3 Å². The van der Waals surface area contributed by atoms with Gasteiger partial charge in [-0.05, 0) is 124 Å². The van der Waals surface area contributed by atoms with Crippen molar-refractivity contribution < 1.29 is 41.8 Å². The number of carbonyl (C=O) groups is 1. The van der Waals surface area contributed by atoms with Crippen molar-refractivity contribution in [1.82, 2.24) is 19.6 Å². The number of aromatic amines is 1. The number of sulfonamides is 1. The van der Waals surface area contributed by atoms with E-state index in [1.807, 2.05) is 0 Å². The van der Waals surface area contributed by atoms with E-state index in [0.29, 0.717) is 37.6 Å². The molecular formula is C52H60FN7O9S. The van der Waals surface area contributed by atoms with Gasteiger partial charge in [0, 0.05) is 68.4 Å². The number of hydrogen-bond donors (Lipinski definition) is 4. The average molecular weight is 978 g/mol. The second kappa shape index (κ2) is 18.0. The lowest BCUT2D eigenvalue weighted by Crippen LogP contribution is -2.63. The molecule has 18 heteroatoms. The lowest BCUT2D eigenvalue weighted by molar-refractivity contribution is -0.384. The van der Waals surface area contributed by atoms with E-state index in [-0.39, 0.29) is 76.0 Å². The Kier molecular flexibility index (Phi) is 11.9. The normalized spacial score (nSPS) is 25.4. The average Bonchev–Trinajstić information content (AvgIpc) is 3.97. The van der Waals surface area contributed by atoms with Gasteiger partial charge in [-0.3, -0.25) is 19.8 Å².